The van der Waals surface area contributed by atoms with Crippen molar-refractivity contribution >= 4 is 29.5 Å². The van der Waals surface area contributed by atoms with Crippen molar-refractivity contribution in [3.8, 4) is 34.4 Å². The SMILES string of the molecule is Cc1c(COc2cc(OCc3cncc(C#N)c3)c(C=O)cc2Cl)cccc1-c1cccc(OCC(O)CN2CCC(O)C2)c1Cl. The van der Waals surface area contributed by atoms with Gasteiger partial charge in [0.05, 0.1) is 27.3 Å². The summed E-state index contributed by atoms with van der Waals surface area (Å²) in [5.41, 5.74) is 4.84. The first-order valence-electron chi connectivity index (χ1n) is 14.7. The fourth-order valence-corrected chi connectivity index (χ4v) is 5.81. The van der Waals surface area contributed by atoms with E-state index in [0.717, 1.165) is 28.8 Å². The largest absolute Gasteiger partial charge is 0.489 e. The first-order chi connectivity index (χ1) is 22.2. The minimum atomic E-state index is -0.725. The molecule has 1 aliphatic rings. The number of pyridine rings is 1. The van der Waals surface area contributed by atoms with E-state index in [4.69, 9.17) is 42.7 Å². The van der Waals surface area contributed by atoms with Gasteiger partial charge in [0.2, 0.25) is 0 Å². The number of carbonyl (C=O) groups is 1. The molecular weight excluding hydrogens is 629 g/mol. The molecule has 0 saturated carbocycles. The lowest BCUT2D eigenvalue weighted by Gasteiger charge is -2.20. The van der Waals surface area contributed by atoms with Crippen LogP contribution in [-0.4, -0.2) is 64.8 Å². The Labute approximate surface area is 277 Å². The zero-order valence-corrected chi connectivity index (χ0v) is 26.7. The maximum Gasteiger partial charge on any atom is 0.153 e. The van der Waals surface area contributed by atoms with Gasteiger partial charge in [-0.2, -0.15) is 5.26 Å². The van der Waals surface area contributed by atoms with E-state index in [-0.39, 0.29) is 42.3 Å². The summed E-state index contributed by atoms with van der Waals surface area (Å²) in [7, 11) is 0. The molecule has 9 nitrogen and oxygen atoms in total. The highest BCUT2D eigenvalue weighted by molar-refractivity contribution is 6.35. The summed E-state index contributed by atoms with van der Waals surface area (Å²) in [6.45, 7) is 4.03. The molecule has 5 rings (SSSR count). The Morgan fingerprint density at radius 1 is 1.04 bits per heavy atom. The number of rotatable bonds is 13. The van der Waals surface area contributed by atoms with E-state index >= 15 is 0 Å². The van der Waals surface area contributed by atoms with Crippen LogP contribution >= 0.6 is 23.2 Å². The molecule has 11 heteroatoms. The molecule has 0 spiro atoms. The van der Waals surface area contributed by atoms with Gasteiger partial charge < -0.3 is 24.4 Å². The predicted molar refractivity (Wildman–Crippen MR) is 175 cm³/mol. The normalized spacial score (nSPS) is 15.3. The smallest absolute Gasteiger partial charge is 0.153 e. The maximum atomic E-state index is 11.7. The van der Waals surface area contributed by atoms with Crippen molar-refractivity contribution in [3.05, 3.63) is 105 Å². The molecule has 2 heterocycles. The lowest BCUT2D eigenvalue weighted by molar-refractivity contribution is 0.0708. The van der Waals surface area contributed by atoms with Crippen LogP contribution in [-0.2, 0) is 13.2 Å². The minimum Gasteiger partial charge on any atom is -0.489 e. The van der Waals surface area contributed by atoms with Gasteiger partial charge >= 0.3 is 0 Å². The molecule has 0 radical (unpaired) electrons. The van der Waals surface area contributed by atoms with E-state index in [1.807, 2.05) is 48.2 Å². The number of carbonyl (C=O) groups excluding carboxylic acids is 1. The first kappa shape index (κ1) is 33.2. The average molecular weight is 663 g/mol. The molecular formula is C35H33Cl2N3O6. The Hall–Kier alpha value is -4.17. The molecule has 0 bridgehead atoms. The summed E-state index contributed by atoms with van der Waals surface area (Å²) in [4.78, 5) is 17.8. The number of aliphatic hydroxyl groups excluding tert-OH is 2. The molecule has 2 atom stereocenters. The monoisotopic (exact) mass is 661 g/mol. The van der Waals surface area contributed by atoms with Gasteiger partial charge in [0.15, 0.2) is 6.29 Å². The molecule has 1 fully saturated rings. The number of nitrogens with zero attached hydrogens (tertiary/aromatic N) is 3. The van der Waals surface area contributed by atoms with Crippen molar-refractivity contribution < 1.29 is 29.2 Å². The summed E-state index contributed by atoms with van der Waals surface area (Å²) in [6, 6.07) is 18.1. The highest BCUT2D eigenvalue weighted by Gasteiger charge is 2.23. The molecule has 1 saturated heterocycles. The fourth-order valence-electron chi connectivity index (χ4n) is 5.30. The van der Waals surface area contributed by atoms with Gasteiger partial charge in [0.25, 0.3) is 0 Å². The van der Waals surface area contributed by atoms with Crippen LogP contribution in [0.25, 0.3) is 11.1 Å². The summed E-state index contributed by atoms with van der Waals surface area (Å²) in [6.07, 6.45) is 3.34. The molecule has 4 aromatic rings. The Morgan fingerprint density at radius 3 is 2.59 bits per heavy atom. The van der Waals surface area contributed by atoms with E-state index in [1.54, 1.807) is 24.4 Å². The highest BCUT2D eigenvalue weighted by atomic mass is 35.5. The third kappa shape index (κ3) is 8.15. The van der Waals surface area contributed by atoms with Gasteiger partial charge in [-0.15, -0.1) is 0 Å². The standard InChI is InChI=1S/C35H33Cl2N3O6/c1-22-25(20-45-34-12-33(26(18-41)11-31(34)36)44-19-24-10-23(13-38)14-39-15-24)4-2-5-29(22)30-6-3-7-32(35(30)37)46-21-28(43)17-40-9-8-27(42)16-40/h2-7,10-12,14-15,18,27-28,42-43H,8-9,16-17,19-21H2,1H3. The molecule has 1 aromatic heterocycles. The van der Waals surface area contributed by atoms with Crippen LogP contribution in [0.15, 0.2) is 67.0 Å². The summed E-state index contributed by atoms with van der Waals surface area (Å²) >= 11 is 13.3. The number of aliphatic hydroxyl groups is 2. The highest BCUT2D eigenvalue weighted by Crippen LogP contribution is 2.38. The van der Waals surface area contributed by atoms with Crippen molar-refractivity contribution in [2.24, 2.45) is 0 Å². The van der Waals surface area contributed by atoms with Crippen LogP contribution in [0.4, 0.5) is 0 Å². The number of halogens is 2. The van der Waals surface area contributed by atoms with Gasteiger partial charge in [-0.1, -0.05) is 53.5 Å². The van der Waals surface area contributed by atoms with Gasteiger partial charge in [0.1, 0.15) is 49.2 Å². The maximum absolute atomic E-state index is 11.7. The molecule has 1 aliphatic heterocycles. The van der Waals surface area contributed by atoms with E-state index in [2.05, 4.69) is 4.98 Å². The summed E-state index contributed by atoms with van der Waals surface area (Å²) in [5.74, 6) is 1.09. The molecule has 0 aliphatic carbocycles. The summed E-state index contributed by atoms with van der Waals surface area (Å²) in [5, 5.41) is 30.0. The number of benzene rings is 3. The topological polar surface area (TPSA) is 125 Å². The summed E-state index contributed by atoms with van der Waals surface area (Å²) < 4.78 is 17.9. The van der Waals surface area contributed by atoms with E-state index in [0.29, 0.717) is 53.4 Å². The molecule has 2 unspecified atom stereocenters. The number of hydrogen-bond donors (Lipinski definition) is 2. The second-order valence-electron chi connectivity index (χ2n) is 11.1. The van der Waals surface area contributed by atoms with Crippen molar-refractivity contribution in [2.75, 3.05) is 26.2 Å². The van der Waals surface area contributed by atoms with Gasteiger partial charge in [-0.05, 0) is 48.2 Å². The Kier molecular flexibility index (Phi) is 11.1. The van der Waals surface area contributed by atoms with Gasteiger partial charge in [-0.25, -0.2) is 0 Å². The van der Waals surface area contributed by atoms with E-state index < -0.39 is 6.10 Å². The van der Waals surface area contributed by atoms with Crippen molar-refractivity contribution in [2.45, 2.75) is 38.8 Å². The van der Waals surface area contributed by atoms with Crippen molar-refractivity contribution in [1.82, 2.24) is 9.88 Å². The third-order valence-electron chi connectivity index (χ3n) is 7.74. The van der Waals surface area contributed by atoms with E-state index in [9.17, 15) is 15.0 Å². The molecule has 2 N–H and O–H groups in total. The van der Waals surface area contributed by atoms with Crippen LogP contribution in [0.3, 0.4) is 0 Å². The van der Waals surface area contributed by atoms with Gasteiger partial charge in [-0.3, -0.25) is 14.7 Å². The zero-order valence-electron chi connectivity index (χ0n) is 25.2. The Balaban J connectivity index is 1.28. The second-order valence-corrected chi connectivity index (χ2v) is 11.9. The van der Waals surface area contributed by atoms with Crippen LogP contribution in [0.2, 0.25) is 10.0 Å². The lowest BCUT2D eigenvalue weighted by atomic mass is 9.96. The molecule has 3 aromatic carbocycles. The molecule has 46 heavy (non-hydrogen) atoms. The minimum absolute atomic E-state index is 0.0706. The molecule has 0 amide bonds. The molecule has 238 valence electrons. The van der Waals surface area contributed by atoms with Crippen molar-refractivity contribution in [3.63, 3.8) is 0 Å². The number of likely N-dealkylation sites (tertiary alicyclic amines) is 1. The number of β-amino-alcohol motifs (C(OH)–C–C–N with tert-alkyl or cyclic N) is 2. The second kappa shape index (κ2) is 15.4. The first-order valence-corrected chi connectivity index (χ1v) is 15.5. The van der Waals surface area contributed by atoms with Crippen LogP contribution in [0.1, 0.15) is 39.0 Å². The van der Waals surface area contributed by atoms with Crippen LogP contribution in [0, 0.1) is 18.3 Å². The van der Waals surface area contributed by atoms with E-state index in [1.165, 1.54) is 12.3 Å². The zero-order chi connectivity index (χ0) is 32.6. The van der Waals surface area contributed by atoms with Gasteiger partial charge in [0, 0.05) is 49.2 Å². The fraction of sp³-hybridized carbons (Fsp3) is 0.286. The lowest BCUT2D eigenvalue weighted by Crippen LogP contribution is -2.34. The number of aldehydes is 1. The van der Waals surface area contributed by atoms with Crippen LogP contribution in [0.5, 0.6) is 17.2 Å². The Morgan fingerprint density at radius 2 is 1.83 bits per heavy atom. The quantitative estimate of drug-likeness (QED) is 0.166. The Bertz CT molecular complexity index is 1740. The number of aromatic nitrogens is 1. The number of hydrogen-bond acceptors (Lipinski definition) is 9. The van der Waals surface area contributed by atoms with Crippen molar-refractivity contribution in [1.29, 1.82) is 5.26 Å². The van der Waals surface area contributed by atoms with Crippen LogP contribution < -0.4 is 14.2 Å². The number of ether oxygens (including phenoxy) is 3. The number of nitriles is 1. The predicted octanol–water partition coefficient (Wildman–Crippen LogP) is 6.01. The average Bonchev–Trinajstić information content (AvgIpc) is 3.47. The third-order valence-corrected chi connectivity index (χ3v) is 8.43.